The average Bonchev–Trinajstić information content (AvgIpc) is 2.49. The van der Waals surface area contributed by atoms with E-state index in [0.29, 0.717) is 19.1 Å². The zero-order chi connectivity index (χ0) is 15.1. The molecule has 118 valence electrons. The van der Waals surface area contributed by atoms with Crippen molar-refractivity contribution in [2.24, 2.45) is 5.92 Å². The molecule has 1 N–H and O–H groups in total. The summed E-state index contributed by atoms with van der Waals surface area (Å²) in [6, 6.07) is 7.76. The Balaban J connectivity index is 1.96. The van der Waals surface area contributed by atoms with E-state index in [1.807, 2.05) is 31.2 Å². The molecule has 4 heteroatoms. The van der Waals surface area contributed by atoms with E-state index in [1.54, 1.807) is 7.11 Å². The Hall–Kier alpha value is -1.10. The third-order valence-electron chi connectivity index (χ3n) is 4.01. The smallest absolute Gasteiger partial charge is 0.125 e. The fourth-order valence-electron chi connectivity index (χ4n) is 3.07. The number of hydrogen-bond donors (Lipinski definition) is 1. The van der Waals surface area contributed by atoms with Crippen LogP contribution < -0.4 is 4.74 Å². The molecule has 1 aliphatic heterocycles. The number of methoxy groups -OCH3 is 1. The lowest BCUT2D eigenvalue weighted by Crippen LogP contribution is -2.39. The van der Waals surface area contributed by atoms with Crippen molar-refractivity contribution in [3.8, 4) is 5.75 Å². The number of nitrogens with zero attached hydrogens (tertiary/aromatic N) is 1. The summed E-state index contributed by atoms with van der Waals surface area (Å²) < 4.78 is 10.9. The molecule has 0 radical (unpaired) electrons. The van der Waals surface area contributed by atoms with Crippen LogP contribution in [0.25, 0.3) is 0 Å². The number of para-hydroxylation sites is 1. The number of rotatable bonds is 7. The molecule has 1 aliphatic rings. The lowest BCUT2D eigenvalue weighted by atomic mass is 9.98. The highest BCUT2D eigenvalue weighted by Gasteiger charge is 2.23. The van der Waals surface area contributed by atoms with Gasteiger partial charge in [-0.05, 0) is 38.3 Å². The molecular weight excluding hydrogens is 266 g/mol. The summed E-state index contributed by atoms with van der Waals surface area (Å²) in [7, 11) is 1.76. The van der Waals surface area contributed by atoms with Crippen molar-refractivity contribution in [1.82, 2.24) is 4.90 Å². The summed E-state index contributed by atoms with van der Waals surface area (Å²) in [4.78, 5) is 2.33. The van der Waals surface area contributed by atoms with Gasteiger partial charge in [0.25, 0.3) is 0 Å². The molecule has 4 nitrogen and oxygen atoms in total. The second kappa shape index (κ2) is 8.37. The fourth-order valence-corrected chi connectivity index (χ4v) is 3.07. The van der Waals surface area contributed by atoms with E-state index < -0.39 is 6.10 Å². The van der Waals surface area contributed by atoms with Gasteiger partial charge < -0.3 is 19.5 Å². The molecule has 2 atom stereocenters. The maximum Gasteiger partial charge on any atom is 0.125 e. The van der Waals surface area contributed by atoms with Crippen molar-refractivity contribution in [3.05, 3.63) is 29.8 Å². The second-order valence-electron chi connectivity index (χ2n) is 5.71. The van der Waals surface area contributed by atoms with Crippen LogP contribution in [-0.4, -0.2) is 50.0 Å². The zero-order valence-electron chi connectivity index (χ0n) is 13.1. The van der Waals surface area contributed by atoms with Crippen molar-refractivity contribution in [2.45, 2.75) is 25.9 Å². The van der Waals surface area contributed by atoms with Crippen LogP contribution in [0.4, 0.5) is 0 Å². The first-order valence-corrected chi connectivity index (χ1v) is 7.85. The summed E-state index contributed by atoms with van der Waals surface area (Å²) >= 11 is 0. The first kappa shape index (κ1) is 16.3. The van der Waals surface area contributed by atoms with Crippen LogP contribution in [0.15, 0.2) is 24.3 Å². The van der Waals surface area contributed by atoms with E-state index in [1.165, 1.54) is 12.8 Å². The van der Waals surface area contributed by atoms with Crippen LogP contribution in [0.1, 0.15) is 31.4 Å². The monoisotopic (exact) mass is 293 g/mol. The average molecular weight is 293 g/mol. The van der Waals surface area contributed by atoms with Gasteiger partial charge in [0.2, 0.25) is 0 Å². The number of ether oxygens (including phenoxy) is 2. The Morgan fingerprint density at radius 1 is 1.38 bits per heavy atom. The Bertz CT molecular complexity index is 422. The van der Waals surface area contributed by atoms with E-state index in [4.69, 9.17) is 9.47 Å². The van der Waals surface area contributed by atoms with Crippen molar-refractivity contribution in [3.63, 3.8) is 0 Å². The zero-order valence-corrected chi connectivity index (χ0v) is 13.1. The van der Waals surface area contributed by atoms with Crippen molar-refractivity contribution >= 4 is 0 Å². The van der Waals surface area contributed by atoms with E-state index in [9.17, 15) is 5.11 Å². The van der Waals surface area contributed by atoms with Gasteiger partial charge in [-0.3, -0.25) is 0 Å². The van der Waals surface area contributed by atoms with E-state index in [-0.39, 0.29) is 0 Å². The highest BCUT2D eigenvalue weighted by molar-refractivity contribution is 5.35. The van der Waals surface area contributed by atoms with Gasteiger partial charge in [0, 0.05) is 25.8 Å². The number of aliphatic hydroxyl groups is 1. The highest BCUT2D eigenvalue weighted by atomic mass is 16.5. The van der Waals surface area contributed by atoms with E-state index >= 15 is 0 Å². The SMILES string of the molecule is CCOc1ccccc1C(O)CN1CCCC(COC)C1. The molecule has 0 spiro atoms. The number of likely N-dealkylation sites (tertiary alicyclic amines) is 1. The van der Waals surface area contributed by atoms with Gasteiger partial charge >= 0.3 is 0 Å². The fraction of sp³-hybridized carbons (Fsp3) is 0.647. The Labute approximate surface area is 127 Å². The number of β-amino-alcohol motifs (C(OH)–C–C–N with tert-alkyl or cyclic N) is 1. The Kier molecular flexibility index (Phi) is 6.49. The quantitative estimate of drug-likeness (QED) is 0.838. The van der Waals surface area contributed by atoms with Crippen LogP contribution in [0.5, 0.6) is 5.75 Å². The summed E-state index contributed by atoms with van der Waals surface area (Å²) in [6.45, 7) is 6.09. The maximum absolute atomic E-state index is 10.5. The molecule has 0 amide bonds. The lowest BCUT2D eigenvalue weighted by molar-refractivity contribution is 0.0553. The summed E-state index contributed by atoms with van der Waals surface area (Å²) in [5.41, 5.74) is 0.883. The highest BCUT2D eigenvalue weighted by Crippen LogP contribution is 2.27. The summed E-state index contributed by atoms with van der Waals surface area (Å²) in [5, 5.41) is 10.5. The minimum atomic E-state index is -0.506. The van der Waals surface area contributed by atoms with E-state index in [0.717, 1.165) is 31.0 Å². The van der Waals surface area contributed by atoms with Gasteiger partial charge in [-0.25, -0.2) is 0 Å². The molecule has 1 heterocycles. The molecule has 1 aromatic carbocycles. The third-order valence-corrected chi connectivity index (χ3v) is 4.01. The Morgan fingerprint density at radius 3 is 2.95 bits per heavy atom. The molecule has 1 aromatic rings. The minimum absolute atomic E-state index is 0.506. The van der Waals surface area contributed by atoms with Gasteiger partial charge in [0.15, 0.2) is 0 Å². The predicted molar refractivity (Wildman–Crippen MR) is 83.6 cm³/mol. The maximum atomic E-state index is 10.5. The van der Waals surface area contributed by atoms with Gasteiger partial charge in [-0.1, -0.05) is 18.2 Å². The van der Waals surface area contributed by atoms with Crippen molar-refractivity contribution in [2.75, 3.05) is 40.0 Å². The molecule has 21 heavy (non-hydrogen) atoms. The molecule has 0 aromatic heterocycles. The molecule has 2 rings (SSSR count). The summed E-state index contributed by atoms with van der Waals surface area (Å²) in [6.07, 6.45) is 1.89. The molecule has 0 aliphatic carbocycles. The van der Waals surface area contributed by atoms with Gasteiger partial charge in [0.05, 0.1) is 19.3 Å². The molecule has 0 saturated carbocycles. The molecular formula is C17H27NO3. The predicted octanol–water partition coefficient (Wildman–Crippen LogP) is 2.48. The van der Waals surface area contributed by atoms with Crippen LogP contribution in [0, 0.1) is 5.92 Å². The lowest BCUT2D eigenvalue weighted by Gasteiger charge is -2.33. The topological polar surface area (TPSA) is 41.9 Å². The van der Waals surface area contributed by atoms with Gasteiger partial charge in [-0.15, -0.1) is 0 Å². The first-order valence-electron chi connectivity index (χ1n) is 7.85. The Morgan fingerprint density at radius 2 is 2.19 bits per heavy atom. The molecule has 1 saturated heterocycles. The van der Waals surface area contributed by atoms with Crippen molar-refractivity contribution < 1.29 is 14.6 Å². The largest absolute Gasteiger partial charge is 0.493 e. The van der Waals surface area contributed by atoms with Crippen LogP contribution in [0.2, 0.25) is 0 Å². The molecule has 2 unspecified atom stereocenters. The number of aliphatic hydroxyl groups excluding tert-OH is 1. The van der Waals surface area contributed by atoms with Gasteiger partial charge in [-0.2, -0.15) is 0 Å². The van der Waals surface area contributed by atoms with Crippen LogP contribution in [0.3, 0.4) is 0 Å². The number of hydrogen-bond acceptors (Lipinski definition) is 4. The van der Waals surface area contributed by atoms with Crippen LogP contribution in [-0.2, 0) is 4.74 Å². The standard InChI is InChI=1S/C17H27NO3/c1-3-21-17-9-5-4-8-15(17)16(19)12-18-10-6-7-14(11-18)13-20-2/h4-5,8-9,14,16,19H,3,6-7,10-13H2,1-2H3. The molecule has 1 fully saturated rings. The third kappa shape index (κ3) is 4.70. The molecule has 0 bridgehead atoms. The second-order valence-corrected chi connectivity index (χ2v) is 5.71. The normalized spacial score (nSPS) is 21.2. The minimum Gasteiger partial charge on any atom is -0.493 e. The van der Waals surface area contributed by atoms with Crippen molar-refractivity contribution in [1.29, 1.82) is 0 Å². The van der Waals surface area contributed by atoms with Gasteiger partial charge in [0.1, 0.15) is 5.75 Å². The van der Waals surface area contributed by atoms with E-state index in [2.05, 4.69) is 4.90 Å². The van der Waals surface area contributed by atoms with Crippen LogP contribution >= 0.6 is 0 Å². The number of piperidine rings is 1. The number of benzene rings is 1. The first-order chi connectivity index (χ1) is 10.2. The summed E-state index contributed by atoms with van der Waals surface area (Å²) in [5.74, 6) is 1.37.